The van der Waals surface area contributed by atoms with Gasteiger partial charge < -0.3 is 14.6 Å². The molecule has 0 spiro atoms. The average molecular weight is 373 g/mol. The number of rotatable bonds is 7. The van der Waals surface area contributed by atoms with Gasteiger partial charge in [-0.15, -0.1) is 11.8 Å². The van der Waals surface area contributed by atoms with Crippen LogP contribution in [0.5, 0.6) is 11.5 Å². The molecule has 2 N–H and O–H groups in total. The Balaban J connectivity index is 1.51. The van der Waals surface area contributed by atoms with E-state index in [2.05, 4.69) is 18.3 Å². The molecule has 1 saturated heterocycles. The van der Waals surface area contributed by atoms with Gasteiger partial charge in [-0.25, -0.2) is 0 Å². The van der Waals surface area contributed by atoms with Crippen molar-refractivity contribution >= 4 is 17.7 Å². The van der Waals surface area contributed by atoms with Crippen LogP contribution in [0.3, 0.4) is 0 Å². The molecule has 1 heterocycles. The predicted molar refractivity (Wildman–Crippen MR) is 103 cm³/mol. The van der Waals surface area contributed by atoms with E-state index in [4.69, 9.17) is 14.6 Å². The number of hydrogen-bond donors (Lipinski definition) is 2. The van der Waals surface area contributed by atoms with Crippen molar-refractivity contribution in [3.63, 3.8) is 0 Å². The molecule has 2 unspecified atom stereocenters. The first-order chi connectivity index (χ1) is 12.5. The molecule has 0 aromatic heterocycles. The van der Waals surface area contributed by atoms with Crippen LogP contribution >= 0.6 is 11.8 Å². The van der Waals surface area contributed by atoms with E-state index < -0.39 is 12.0 Å². The zero-order valence-electron chi connectivity index (χ0n) is 14.9. The van der Waals surface area contributed by atoms with Gasteiger partial charge in [0.15, 0.2) is 0 Å². The van der Waals surface area contributed by atoms with Crippen LogP contribution in [0.15, 0.2) is 42.5 Å². The monoisotopic (exact) mass is 373 g/mol. The summed E-state index contributed by atoms with van der Waals surface area (Å²) in [5, 5.41) is 12.2. The third-order valence-electron chi connectivity index (χ3n) is 4.41. The Morgan fingerprint density at radius 3 is 2.73 bits per heavy atom. The maximum atomic E-state index is 11.1. The summed E-state index contributed by atoms with van der Waals surface area (Å²) in [6.07, 6.45) is 0. The molecule has 1 aliphatic rings. The van der Waals surface area contributed by atoms with Gasteiger partial charge in [0.25, 0.3) is 0 Å². The SMILES string of the molecule is Cc1cccc(OCCOc2cccc(C3NC(C(=O)O)CS3)c2)c1C. The van der Waals surface area contributed by atoms with Crippen LogP contribution in [-0.2, 0) is 4.79 Å². The third kappa shape index (κ3) is 4.51. The van der Waals surface area contributed by atoms with E-state index >= 15 is 0 Å². The van der Waals surface area contributed by atoms with Crippen molar-refractivity contribution in [2.24, 2.45) is 0 Å². The van der Waals surface area contributed by atoms with Crippen LogP contribution < -0.4 is 14.8 Å². The number of nitrogens with one attached hydrogen (secondary N) is 1. The molecule has 0 amide bonds. The molecule has 138 valence electrons. The Hall–Kier alpha value is -2.18. The number of carboxylic acid groups (broad SMARTS) is 1. The maximum absolute atomic E-state index is 11.1. The molecular formula is C20H23NO4S. The number of thioether (sulfide) groups is 1. The lowest BCUT2D eigenvalue weighted by Crippen LogP contribution is -2.33. The van der Waals surface area contributed by atoms with E-state index in [0.717, 1.165) is 22.6 Å². The fourth-order valence-electron chi connectivity index (χ4n) is 2.77. The van der Waals surface area contributed by atoms with Crippen LogP contribution in [0.1, 0.15) is 22.1 Å². The van der Waals surface area contributed by atoms with Gasteiger partial charge in [-0.05, 0) is 48.7 Å². The molecule has 5 nitrogen and oxygen atoms in total. The number of benzene rings is 2. The highest BCUT2D eigenvalue weighted by Gasteiger charge is 2.30. The molecule has 6 heteroatoms. The Labute approximate surface area is 157 Å². The van der Waals surface area contributed by atoms with Gasteiger partial charge in [0.2, 0.25) is 0 Å². The van der Waals surface area contributed by atoms with Gasteiger partial charge in [0.05, 0.1) is 5.37 Å². The number of hydrogen-bond acceptors (Lipinski definition) is 5. The van der Waals surface area contributed by atoms with Gasteiger partial charge in [-0.1, -0.05) is 24.3 Å². The zero-order chi connectivity index (χ0) is 18.5. The molecule has 0 radical (unpaired) electrons. The number of carbonyl (C=O) groups is 1. The lowest BCUT2D eigenvalue weighted by atomic mass is 10.1. The standard InChI is InChI=1S/C20H23NO4S/c1-13-5-3-8-18(14(13)2)25-10-9-24-16-7-4-6-15(11-16)19-21-17(12-26-19)20(22)23/h3-8,11,17,19,21H,9-10,12H2,1-2H3,(H,22,23). The minimum absolute atomic E-state index is 0.0224. The highest BCUT2D eigenvalue weighted by molar-refractivity contribution is 7.99. The van der Waals surface area contributed by atoms with E-state index in [1.807, 2.05) is 43.3 Å². The maximum Gasteiger partial charge on any atom is 0.321 e. The Bertz CT molecular complexity index is 780. The van der Waals surface area contributed by atoms with Crippen LogP contribution in [0.4, 0.5) is 0 Å². The van der Waals surface area contributed by atoms with Crippen molar-refractivity contribution in [3.8, 4) is 11.5 Å². The largest absolute Gasteiger partial charge is 0.490 e. The number of aliphatic carboxylic acids is 1. The molecule has 1 fully saturated rings. The molecule has 2 atom stereocenters. The van der Waals surface area contributed by atoms with Crippen molar-refractivity contribution in [3.05, 3.63) is 59.2 Å². The fourth-order valence-corrected chi connectivity index (χ4v) is 3.99. The smallest absolute Gasteiger partial charge is 0.321 e. The highest BCUT2D eigenvalue weighted by Crippen LogP contribution is 2.34. The first-order valence-corrected chi connectivity index (χ1v) is 9.61. The first kappa shape index (κ1) is 18.6. The second-order valence-corrected chi connectivity index (χ2v) is 7.38. The van der Waals surface area contributed by atoms with Gasteiger partial charge in [0.1, 0.15) is 30.8 Å². The minimum Gasteiger partial charge on any atom is -0.490 e. The highest BCUT2D eigenvalue weighted by atomic mass is 32.2. The Morgan fingerprint density at radius 2 is 1.96 bits per heavy atom. The van der Waals surface area contributed by atoms with Crippen LogP contribution in [-0.4, -0.2) is 36.1 Å². The summed E-state index contributed by atoms with van der Waals surface area (Å²) in [5.41, 5.74) is 3.37. The van der Waals surface area contributed by atoms with E-state index in [1.54, 1.807) is 11.8 Å². The van der Waals surface area contributed by atoms with Crippen molar-refractivity contribution in [2.75, 3.05) is 19.0 Å². The summed E-state index contributed by atoms with van der Waals surface area (Å²) in [6.45, 7) is 5.02. The van der Waals surface area contributed by atoms with Crippen LogP contribution in [0.25, 0.3) is 0 Å². The number of carboxylic acids is 1. The second-order valence-electron chi connectivity index (χ2n) is 6.24. The third-order valence-corrected chi connectivity index (χ3v) is 5.67. The predicted octanol–water partition coefficient (Wildman–Crippen LogP) is 3.55. The molecule has 2 aromatic rings. The normalized spacial score (nSPS) is 19.3. The number of ether oxygens (including phenoxy) is 2. The van der Waals surface area contributed by atoms with E-state index in [9.17, 15) is 4.79 Å². The first-order valence-electron chi connectivity index (χ1n) is 8.57. The summed E-state index contributed by atoms with van der Waals surface area (Å²) in [6, 6.07) is 13.3. The molecule has 0 saturated carbocycles. The van der Waals surface area contributed by atoms with Crippen molar-refractivity contribution < 1.29 is 19.4 Å². The Morgan fingerprint density at radius 1 is 1.19 bits per heavy atom. The zero-order valence-corrected chi connectivity index (χ0v) is 15.7. The van der Waals surface area contributed by atoms with Crippen molar-refractivity contribution in [2.45, 2.75) is 25.3 Å². The molecule has 1 aliphatic heterocycles. The topological polar surface area (TPSA) is 67.8 Å². The van der Waals surface area contributed by atoms with E-state index in [-0.39, 0.29) is 5.37 Å². The van der Waals surface area contributed by atoms with Crippen molar-refractivity contribution in [1.82, 2.24) is 5.32 Å². The summed E-state index contributed by atoms with van der Waals surface area (Å²) >= 11 is 1.60. The lowest BCUT2D eigenvalue weighted by molar-refractivity contribution is -0.138. The summed E-state index contributed by atoms with van der Waals surface area (Å²) in [4.78, 5) is 11.1. The van der Waals surface area contributed by atoms with E-state index in [1.165, 1.54) is 5.56 Å². The Kier molecular flexibility index (Phi) is 6.06. The average Bonchev–Trinajstić information content (AvgIpc) is 3.13. The summed E-state index contributed by atoms with van der Waals surface area (Å²) < 4.78 is 11.6. The summed E-state index contributed by atoms with van der Waals surface area (Å²) in [7, 11) is 0. The minimum atomic E-state index is -0.809. The summed E-state index contributed by atoms with van der Waals surface area (Å²) in [5.74, 6) is 1.40. The molecule has 0 aliphatic carbocycles. The lowest BCUT2D eigenvalue weighted by Gasteiger charge is -2.14. The van der Waals surface area contributed by atoms with Crippen molar-refractivity contribution in [1.29, 1.82) is 0 Å². The van der Waals surface area contributed by atoms with Gasteiger partial charge in [-0.3, -0.25) is 10.1 Å². The van der Waals surface area contributed by atoms with Crippen LogP contribution in [0, 0.1) is 13.8 Å². The van der Waals surface area contributed by atoms with Gasteiger partial charge >= 0.3 is 5.97 Å². The van der Waals surface area contributed by atoms with Gasteiger partial charge in [-0.2, -0.15) is 0 Å². The molecular weight excluding hydrogens is 350 g/mol. The van der Waals surface area contributed by atoms with E-state index in [0.29, 0.717) is 19.0 Å². The number of aryl methyl sites for hydroxylation is 1. The molecule has 0 bridgehead atoms. The molecule has 3 rings (SSSR count). The second kappa shape index (κ2) is 8.47. The van der Waals surface area contributed by atoms with Gasteiger partial charge in [0, 0.05) is 5.75 Å². The fraction of sp³-hybridized carbons (Fsp3) is 0.350. The van der Waals surface area contributed by atoms with Crippen LogP contribution in [0.2, 0.25) is 0 Å². The molecule has 26 heavy (non-hydrogen) atoms. The quantitative estimate of drug-likeness (QED) is 0.724. The molecule has 2 aromatic carbocycles.